The third-order valence-corrected chi connectivity index (χ3v) is 3.59. The molecule has 0 bridgehead atoms. The lowest BCUT2D eigenvalue weighted by Gasteiger charge is -2.25. The summed E-state index contributed by atoms with van der Waals surface area (Å²) in [5.74, 6) is 0. The highest BCUT2D eigenvalue weighted by Crippen LogP contribution is 2.29. The topological polar surface area (TPSA) is 21.3 Å². The molecular formula is C17H19NO. The van der Waals surface area contributed by atoms with E-state index in [1.165, 1.54) is 16.8 Å². The second-order valence-electron chi connectivity index (χ2n) is 4.94. The van der Waals surface area contributed by atoms with E-state index in [0.29, 0.717) is 6.04 Å². The van der Waals surface area contributed by atoms with Gasteiger partial charge in [0.15, 0.2) is 0 Å². The summed E-state index contributed by atoms with van der Waals surface area (Å²) in [4.78, 5) is 0. The maximum atomic E-state index is 5.41. The molecule has 1 heterocycles. The molecule has 0 aliphatic carbocycles. The van der Waals surface area contributed by atoms with Gasteiger partial charge in [-0.25, -0.2) is 0 Å². The molecule has 1 N–H and O–H groups in total. The van der Waals surface area contributed by atoms with E-state index in [1.807, 2.05) is 0 Å². The number of benzene rings is 2. The molecule has 3 rings (SSSR count). The van der Waals surface area contributed by atoms with Crippen LogP contribution < -0.4 is 5.32 Å². The molecule has 1 saturated heterocycles. The third-order valence-electron chi connectivity index (χ3n) is 3.59. The van der Waals surface area contributed by atoms with Crippen LogP contribution in [0.1, 0.15) is 12.8 Å². The van der Waals surface area contributed by atoms with Crippen molar-refractivity contribution >= 4 is 5.69 Å². The molecule has 2 heteroatoms. The fourth-order valence-electron chi connectivity index (χ4n) is 2.54. The molecule has 0 amide bonds. The average Bonchev–Trinajstić information content (AvgIpc) is 2.50. The number of rotatable bonds is 3. The maximum absolute atomic E-state index is 5.41. The summed E-state index contributed by atoms with van der Waals surface area (Å²) in [7, 11) is 0. The minimum atomic E-state index is 0.526. The Hall–Kier alpha value is -1.80. The van der Waals surface area contributed by atoms with Crippen LogP contribution in [-0.2, 0) is 4.74 Å². The van der Waals surface area contributed by atoms with Crippen molar-refractivity contribution in [2.24, 2.45) is 0 Å². The number of nitrogens with one attached hydrogen (secondary N) is 1. The fourth-order valence-corrected chi connectivity index (χ4v) is 2.54. The van der Waals surface area contributed by atoms with E-state index in [1.54, 1.807) is 0 Å². The molecule has 0 atom stereocenters. The summed E-state index contributed by atoms with van der Waals surface area (Å²) in [5.41, 5.74) is 3.76. The van der Waals surface area contributed by atoms with E-state index >= 15 is 0 Å². The SMILES string of the molecule is c1ccc(-c2ccccc2NC2CCOCC2)cc1. The Morgan fingerprint density at radius 3 is 2.32 bits per heavy atom. The Morgan fingerprint density at radius 2 is 1.53 bits per heavy atom. The van der Waals surface area contributed by atoms with Gasteiger partial charge in [-0.2, -0.15) is 0 Å². The number of hydrogen-bond donors (Lipinski definition) is 1. The number of para-hydroxylation sites is 1. The first-order valence-electron chi connectivity index (χ1n) is 6.92. The fraction of sp³-hybridized carbons (Fsp3) is 0.294. The summed E-state index contributed by atoms with van der Waals surface area (Å²) in [6.07, 6.45) is 2.17. The highest BCUT2D eigenvalue weighted by atomic mass is 16.5. The predicted octanol–water partition coefficient (Wildman–Crippen LogP) is 3.94. The largest absolute Gasteiger partial charge is 0.382 e. The van der Waals surface area contributed by atoms with Crippen molar-refractivity contribution in [2.75, 3.05) is 18.5 Å². The van der Waals surface area contributed by atoms with Crippen molar-refractivity contribution in [3.05, 3.63) is 54.6 Å². The lowest BCUT2D eigenvalue weighted by atomic mass is 10.0. The molecule has 1 aliphatic heterocycles. The van der Waals surface area contributed by atoms with Gasteiger partial charge in [0, 0.05) is 30.5 Å². The smallest absolute Gasteiger partial charge is 0.0485 e. The van der Waals surface area contributed by atoms with Gasteiger partial charge < -0.3 is 10.1 Å². The van der Waals surface area contributed by atoms with Crippen LogP contribution in [0, 0.1) is 0 Å². The Bertz CT molecular complexity index is 518. The third kappa shape index (κ3) is 2.96. The summed E-state index contributed by atoms with van der Waals surface area (Å²) < 4.78 is 5.41. The van der Waals surface area contributed by atoms with Crippen LogP contribution in [0.3, 0.4) is 0 Å². The van der Waals surface area contributed by atoms with Crippen LogP contribution in [0.5, 0.6) is 0 Å². The van der Waals surface area contributed by atoms with Crippen molar-refractivity contribution in [1.29, 1.82) is 0 Å². The van der Waals surface area contributed by atoms with Crippen molar-refractivity contribution in [1.82, 2.24) is 0 Å². The Morgan fingerprint density at radius 1 is 0.842 bits per heavy atom. The molecule has 2 aromatic rings. The van der Waals surface area contributed by atoms with Crippen molar-refractivity contribution in [3.63, 3.8) is 0 Å². The summed E-state index contributed by atoms with van der Waals surface area (Å²) in [6.45, 7) is 1.73. The zero-order valence-corrected chi connectivity index (χ0v) is 11.0. The van der Waals surface area contributed by atoms with Gasteiger partial charge >= 0.3 is 0 Å². The maximum Gasteiger partial charge on any atom is 0.0485 e. The molecule has 2 aromatic carbocycles. The van der Waals surface area contributed by atoms with Crippen LogP contribution in [-0.4, -0.2) is 19.3 Å². The van der Waals surface area contributed by atoms with Gasteiger partial charge in [0.05, 0.1) is 0 Å². The first-order chi connectivity index (χ1) is 9.43. The van der Waals surface area contributed by atoms with Crippen LogP contribution in [0.15, 0.2) is 54.6 Å². The molecule has 0 spiro atoms. The highest BCUT2D eigenvalue weighted by Gasteiger charge is 2.14. The average molecular weight is 253 g/mol. The first kappa shape index (κ1) is 12.2. The quantitative estimate of drug-likeness (QED) is 0.894. The second kappa shape index (κ2) is 5.89. The molecule has 2 nitrogen and oxygen atoms in total. The number of ether oxygens (including phenoxy) is 1. The summed E-state index contributed by atoms with van der Waals surface area (Å²) in [6, 6.07) is 19.6. The van der Waals surface area contributed by atoms with Crippen LogP contribution >= 0.6 is 0 Å². The highest BCUT2D eigenvalue weighted by molar-refractivity contribution is 5.77. The van der Waals surface area contributed by atoms with Gasteiger partial charge in [-0.3, -0.25) is 0 Å². The van der Waals surface area contributed by atoms with Crippen LogP contribution in [0.2, 0.25) is 0 Å². The monoisotopic (exact) mass is 253 g/mol. The molecular weight excluding hydrogens is 234 g/mol. The van der Waals surface area contributed by atoms with Gasteiger partial charge in [-0.15, -0.1) is 0 Å². The number of anilines is 1. The minimum Gasteiger partial charge on any atom is -0.382 e. The lowest BCUT2D eigenvalue weighted by Crippen LogP contribution is -2.28. The molecule has 1 fully saturated rings. The normalized spacial score (nSPS) is 16.2. The molecule has 0 aromatic heterocycles. The Labute approximate surface area is 114 Å². The zero-order valence-electron chi connectivity index (χ0n) is 11.0. The molecule has 0 radical (unpaired) electrons. The van der Waals surface area contributed by atoms with Crippen LogP contribution in [0.4, 0.5) is 5.69 Å². The van der Waals surface area contributed by atoms with Gasteiger partial charge in [0.2, 0.25) is 0 Å². The van der Waals surface area contributed by atoms with Gasteiger partial charge in [0.1, 0.15) is 0 Å². The second-order valence-corrected chi connectivity index (χ2v) is 4.94. The molecule has 98 valence electrons. The first-order valence-corrected chi connectivity index (χ1v) is 6.92. The van der Waals surface area contributed by atoms with E-state index in [4.69, 9.17) is 4.74 Å². The van der Waals surface area contributed by atoms with E-state index in [2.05, 4.69) is 59.9 Å². The van der Waals surface area contributed by atoms with E-state index < -0.39 is 0 Å². The Balaban J connectivity index is 1.85. The van der Waals surface area contributed by atoms with Crippen LogP contribution in [0.25, 0.3) is 11.1 Å². The van der Waals surface area contributed by atoms with Gasteiger partial charge in [-0.1, -0.05) is 48.5 Å². The van der Waals surface area contributed by atoms with Crippen molar-refractivity contribution in [3.8, 4) is 11.1 Å². The molecule has 1 aliphatic rings. The molecule has 0 unspecified atom stereocenters. The lowest BCUT2D eigenvalue weighted by molar-refractivity contribution is 0.0904. The van der Waals surface area contributed by atoms with Crippen molar-refractivity contribution in [2.45, 2.75) is 18.9 Å². The van der Waals surface area contributed by atoms with E-state index in [9.17, 15) is 0 Å². The van der Waals surface area contributed by atoms with E-state index in [0.717, 1.165) is 26.1 Å². The minimum absolute atomic E-state index is 0.526. The summed E-state index contributed by atoms with van der Waals surface area (Å²) in [5, 5.41) is 3.67. The van der Waals surface area contributed by atoms with Gasteiger partial charge in [0.25, 0.3) is 0 Å². The zero-order chi connectivity index (χ0) is 12.9. The molecule has 0 saturated carbocycles. The van der Waals surface area contributed by atoms with Gasteiger partial charge in [-0.05, 0) is 24.5 Å². The molecule has 19 heavy (non-hydrogen) atoms. The standard InChI is InChI=1S/C17H19NO/c1-2-6-14(7-3-1)16-8-4-5-9-17(16)18-15-10-12-19-13-11-15/h1-9,15,18H,10-13H2. The Kier molecular flexibility index (Phi) is 3.80. The van der Waals surface area contributed by atoms with E-state index in [-0.39, 0.29) is 0 Å². The number of hydrogen-bond acceptors (Lipinski definition) is 2. The summed E-state index contributed by atoms with van der Waals surface area (Å²) >= 11 is 0. The predicted molar refractivity (Wildman–Crippen MR) is 79.3 cm³/mol. The van der Waals surface area contributed by atoms with Crippen molar-refractivity contribution < 1.29 is 4.74 Å².